The van der Waals surface area contributed by atoms with Crippen LogP contribution in [0.5, 0.6) is 0 Å². The number of hydrogen-bond acceptors (Lipinski definition) is 4. The van der Waals surface area contributed by atoms with Crippen molar-refractivity contribution >= 4 is 16.6 Å². The summed E-state index contributed by atoms with van der Waals surface area (Å²) in [5.74, 6) is 1.76. The van der Waals surface area contributed by atoms with Crippen LogP contribution in [-0.2, 0) is 0 Å². The Bertz CT molecular complexity index is 1310. The summed E-state index contributed by atoms with van der Waals surface area (Å²) < 4.78 is 1.91. The van der Waals surface area contributed by atoms with Crippen LogP contribution in [0, 0.1) is 0 Å². The lowest BCUT2D eigenvalue weighted by Crippen LogP contribution is -2.00. The fourth-order valence-corrected chi connectivity index (χ4v) is 3.97. The van der Waals surface area contributed by atoms with Crippen molar-refractivity contribution in [3.8, 4) is 11.3 Å². The summed E-state index contributed by atoms with van der Waals surface area (Å²) in [5.41, 5.74) is 5.19. The Morgan fingerprint density at radius 1 is 0.821 bits per heavy atom. The van der Waals surface area contributed by atoms with Gasteiger partial charge >= 0.3 is 0 Å². The molecule has 2 aromatic carbocycles. The first-order valence-corrected chi connectivity index (χ1v) is 9.49. The highest BCUT2D eigenvalue weighted by Crippen LogP contribution is 2.54. The monoisotopic (exact) mass is 363 g/mol. The summed E-state index contributed by atoms with van der Waals surface area (Å²) >= 11 is 0. The lowest BCUT2D eigenvalue weighted by molar-refractivity contribution is 0.803. The van der Waals surface area contributed by atoms with Gasteiger partial charge in [0.25, 0.3) is 0 Å². The Labute approximate surface area is 161 Å². The number of benzene rings is 2. The maximum Gasteiger partial charge on any atom is 0.177 e. The number of pyridine rings is 1. The summed E-state index contributed by atoms with van der Waals surface area (Å²) in [7, 11) is 0. The van der Waals surface area contributed by atoms with Gasteiger partial charge in [0.15, 0.2) is 11.5 Å². The van der Waals surface area contributed by atoms with Gasteiger partial charge in [-0.25, -0.2) is 0 Å². The van der Waals surface area contributed by atoms with E-state index >= 15 is 0 Å². The van der Waals surface area contributed by atoms with E-state index in [9.17, 15) is 0 Å². The molecule has 0 N–H and O–H groups in total. The van der Waals surface area contributed by atoms with Gasteiger partial charge < -0.3 is 0 Å². The average molecular weight is 363 g/mol. The summed E-state index contributed by atoms with van der Waals surface area (Å²) in [6.07, 6.45) is 2.91. The minimum Gasteiger partial charge on any atom is -0.256 e. The van der Waals surface area contributed by atoms with Crippen molar-refractivity contribution in [1.29, 1.82) is 0 Å². The molecule has 0 spiro atoms. The molecular formula is C23H17N5. The zero-order valence-electron chi connectivity index (χ0n) is 15.1. The SMILES string of the molecule is c1ccc(-c2ccc3nnc([C@H]4C[C@@H]4c4ccc5ncccc5c4)n3n2)cc1. The third kappa shape index (κ3) is 2.47. The van der Waals surface area contributed by atoms with E-state index in [2.05, 4.69) is 51.6 Å². The lowest BCUT2D eigenvalue weighted by atomic mass is 10.1. The van der Waals surface area contributed by atoms with E-state index in [1.54, 1.807) is 0 Å². The fourth-order valence-electron chi connectivity index (χ4n) is 3.97. The largest absolute Gasteiger partial charge is 0.256 e. The molecule has 5 heteroatoms. The van der Waals surface area contributed by atoms with E-state index < -0.39 is 0 Å². The second-order valence-corrected chi connectivity index (χ2v) is 7.32. The van der Waals surface area contributed by atoms with Crippen molar-refractivity contribution in [2.24, 2.45) is 0 Å². The van der Waals surface area contributed by atoms with Crippen molar-refractivity contribution in [3.05, 3.63) is 90.4 Å². The Hall–Kier alpha value is -3.60. The van der Waals surface area contributed by atoms with Crippen molar-refractivity contribution < 1.29 is 0 Å². The highest BCUT2D eigenvalue weighted by Gasteiger charge is 2.43. The molecule has 5 aromatic rings. The van der Waals surface area contributed by atoms with Gasteiger partial charge in [-0.3, -0.25) is 4.98 Å². The van der Waals surface area contributed by atoms with Crippen LogP contribution >= 0.6 is 0 Å². The first-order chi connectivity index (χ1) is 13.9. The topological polar surface area (TPSA) is 56.0 Å². The van der Waals surface area contributed by atoms with Crippen LogP contribution < -0.4 is 0 Å². The van der Waals surface area contributed by atoms with E-state index in [1.165, 1.54) is 10.9 Å². The van der Waals surface area contributed by atoms with Gasteiger partial charge in [-0.2, -0.15) is 9.61 Å². The van der Waals surface area contributed by atoms with Crippen molar-refractivity contribution in [1.82, 2.24) is 24.8 Å². The quantitative estimate of drug-likeness (QED) is 0.470. The molecule has 0 amide bonds. The van der Waals surface area contributed by atoms with Crippen LogP contribution in [0.2, 0.25) is 0 Å². The number of nitrogens with zero attached hydrogens (tertiary/aromatic N) is 5. The van der Waals surface area contributed by atoms with Gasteiger partial charge in [-0.1, -0.05) is 42.5 Å². The standard InChI is InChI=1S/C23H17N5/c1-2-5-15(6-3-1)21-10-11-22-25-26-23(28(22)27-21)19-14-18(19)16-8-9-20-17(13-16)7-4-12-24-20/h1-13,18-19H,14H2/t18-,19+/m1/s1. The number of fused-ring (bicyclic) bond motifs is 2. The third-order valence-electron chi connectivity index (χ3n) is 5.53. The van der Waals surface area contributed by atoms with Crippen molar-refractivity contribution in [3.63, 3.8) is 0 Å². The third-order valence-corrected chi connectivity index (χ3v) is 5.53. The van der Waals surface area contributed by atoms with Gasteiger partial charge in [-0.15, -0.1) is 10.2 Å². The number of rotatable bonds is 3. The van der Waals surface area contributed by atoms with Crippen LogP contribution in [0.4, 0.5) is 0 Å². The maximum absolute atomic E-state index is 4.83. The van der Waals surface area contributed by atoms with Gasteiger partial charge in [0.05, 0.1) is 11.2 Å². The molecular weight excluding hydrogens is 346 g/mol. The molecule has 2 atom stereocenters. The first kappa shape index (κ1) is 15.5. The molecule has 0 bridgehead atoms. The summed E-state index contributed by atoms with van der Waals surface area (Å²) in [5, 5.41) is 14.8. The van der Waals surface area contributed by atoms with Gasteiger partial charge in [-0.05, 0) is 48.2 Å². The molecule has 1 saturated carbocycles. The average Bonchev–Trinajstić information content (AvgIpc) is 3.45. The molecule has 0 unspecified atom stereocenters. The van der Waals surface area contributed by atoms with Crippen molar-refractivity contribution in [2.75, 3.05) is 0 Å². The van der Waals surface area contributed by atoms with E-state index in [4.69, 9.17) is 5.10 Å². The van der Waals surface area contributed by atoms with E-state index in [0.29, 0.717) is 11.8 Å². The molecule has 1 aliphatic rings. The molecule has 5 nitrogen and oxygen atoms in total. The molecule has 1 fully saturated rings. The Morgan fingerprint density at radius 3 is 2.68 bits per heavy atom. The molecule has 6 rings (SSSR count). The molecule has 134 valence electrons. The molecule has 0 aliphatic heterocycles. The fraction of sp³-hybridized carbons (Fsp3) is 0.130. The number of aromatic nitrogens is 5. The highest BCUT2D eigenvalue weighted by atomic mass is 15.4. The minimum absolute atomic E-state index is 0.350. The zero-order valence-corrected chi connectivity index (χ0v) is 15.1. The summed E-state index contributed by atoms with van der Waals surface area (Å²) in [6, 6.07) is 24.8. The first-order valence-electron chi connectivity index (χ1n) is 9.49. The van der Waals surface area contributed by atoms with Crippen molar-refractivity contribution in [2.45, 2.75) is 18.3 Å². The maximum atomic E-state index is 4.83. The van der Waals surface area contributed by atoms with Crippen LogP contribution in [0.1, 0.15) is 29.6 Å². The van der Waals surface area contributed by atoms with E-state index in [0.717, 1.165) is 34.7 Å². The highest BCUT2D eigenvalue weighted by molar-refractivity contribution is 5.79. The van der Waals surface area contributed by atoms with Gasteiger partial charge in [0.2, 0.25) is 0 Å². The Balaban J connectivity index is 1.37. The zero-order chi connectivity index (χ0) is 18.5. The second kappa shape index (κ2) is 5.96. The van der Waals surface area contributed by atoms with Gasteiger partial charge in [0.1, 0.15) is 0 Å². The predicted molar refractivity (Wildman–Crippen MR) is 108 cm³/mol. The molecule has 0 saturated heterocycles. The van der Waals surface area contributed by atoms with E-state index in [-0.39, 0.29) is 0 Å². The summed E-state index contributed by atoms with van der Waals surface area (Å²) in [4.78, 5) is 4.41. The van der Waals surface area contributed by atoms with Gasteiger partial charge in [0, 0.05) is 23.1 Å². The smallest absolute Gasteiger partial charge is 0.177 e. The van der Waals surface area contributed by atoms with Crippen LogP contribution in [0.25, 0.3) is 27.8 Å². The molecule has 3 aromatic heterocycles. The summed E-state index contributed by atoms with van der Waals surface area (Å²) in [6.45, 7) is 0. The second-order valence-electron chi connectivity index (χ2n) is 7.32. The predicted octanol–water partition coefficient (Wildman–Crippen LogP) is 4.61. The van der Waals surface area contributed by atoms with Crippen LogP contribution in [-0.4, -0.2) is 24.8 Å². The Kier molecular flexibility index (Phi) is 3.29. The van der Waals surface area contributed by atoms with E-state index in [1.807, 2.05) is 47.1 Å². The molecule has 1 aliphatic carbocycles. The number of hydrogen-bond donors (Lipinski definition) is 0. The lowest BCUT2D eigenvalue weighted by Gasteiger charge is -2.04. The van der Waals surface area contributed by atoms with Crippen LogP contribution in [0.3, 0.4) is 0 Å². The molecule has 28 heavy (non-hydrogen) atoms. The Morgan fingerprint density at radius 2 is 1.75 bits per heavy atom. The molecule has 3 heterocycles. The minimum atomic E-state index is 0.350. The normalized spacial score (nSPS) is 18.6. The van der Waals surface area contributed by atoms with Crippen LogP contribution in [0.15, 0.2) is 79.0 Å². The molecule has 0 radical (unpaired) electrons.